The lowest BCUT2D eigenvalue weighted by molar-refractivity contribution is -0.145. The minimum absolute atomic E-state index is 0.0327. The van der Waals surface area contributed by atoms with Crippen LogP contribution in [0.2, 0.25) is 0 Å². The molecule has 0 saturated heterocycles. The largest absolute Gasteiger partial charge is 0.482 e. The summed E-state index contributed by atoms with van der Waals surface area (Å²) in [6, 6.07) is 7.82. The van der Waals surface area contributed by atoms with Gasteiger partial charge in [0, 0.05) is 0 Å². The minimum Gasteiger partial charge on any atom is -0.482 e. The molecule has 1 aromatic carbocycles. The highest BCUT2D eigenvalue weighted by molar-refractivity contribution is 5.71. The predicted octanol–water partition coefficient (Wildman–Crippen LogP) is 3.22. The number of para-hydroxylation sites is 1. The quantitative estimate of drug-likeness (QED) is 0.753. The summed E-state index contributed by atoms with van der Waals surface area (Å²) in [6.07, 6.45) is 0.909. The zero-order valence-corrected chi connectivity index (χ0v) is 11.7. The Labute approximate surface area is 109 Å². The Balaban J connectivity index is 2.67. The molecule has 1 aromatic rings. The molecule has 18 heavy (non-hydrogen) atoms. The molecule has 0 atom stereocenters. The molecule has 3 heteroatoms. The molecule has 0 spiro atoms. The summed E-state index contributed by atoms with van der Waals surface area (Å²) in [7, 11) is 0. The highest BCUT2D eigenvalue weighted by atomic mass is 16.6. The molecule has 0 N–H and O–H groups in total. The molecule has 1 rings (SSSR count). The Morgan fingerprint density at radius 2 is 1.89 bits per heavy atom. The van der Waals surface area contributed by atoms with Crippen molar-refractivity contribution in [1.29, 1.82) is 0 Å². The van der Waals surface area contributed by atoms with E-state index in [2.05, 4.69) is 20.8 Å². The van der Waals surface area contributed by atoms with E-state index in [0.29, 0.717) is 6.61 Å². The van der Waals surface area contributed by atoms with Crippen molar-refractivity contribution >= 4 is 5.97 Å². The third-order valence-corrected chi connectivity index (χ3v) is 2.34. The van der Waals surface area contributed by atoms with Crippen molar-refractivity contribution in [2.45, 2.75) is 34.1 Å². The van der Waals surface area contributed by atoms with Crippen LogP contribution in [-0.2, 0) is 16.0 Å². The highest BCUT2D eigenvalue weighted by Crippen LogP contribution is 2.27. The molecule has 0 saturated carbocycles. The van der Waals surface area contributed by atoms with Gasteiger partial charge in [0.15, 0.2) is 6.61 Å². The molecule has 0 radical (unpaired) electrons. The maximum absolute atomic E-state index is 11.3. The molecule has 100 valence electrons. The molecule has 0 aliphatic carbocycles. The number of carbonyl (C=O) groups is 1. The molecule has 0 fully saturated rings. The molecular formula is C15H22O3. The van der Waals surface area contributed by atoms with Gasteiger partial charge in [-0.15, -0.1) is 0 Å². The minimum atomic E-state index is -0.330. The predicted molar refractivity (Wildman–Crippen MR) is 71.7 cm³/mol. The smallest absolute Gasteiger partial charge is 0.344 e. The number of carbonyl (C=O) groups excluding carboxylic acids is 1. The first-order valence-corrected chi connectivity index (χ1v) is 6.28. The van der Waals surface area contributed by atoms with Gasteiger partial charge >= 0.3 is 5.97 Å². The first kappa shape index (κ1) is 14.6. The number of ether oxygens (including phenoxy) is 2. The fourth-order valence-corrected chi connectivity index (χ4v) is 1.70. The first-order chi connectivity index (χ1) is 8.42. The molecule has 0 bridgehead atoms. The van der Waals surface area contributed by atoms with Crippen molar-refractivity contribution in [2.24, 2.45) is 5.41 Å². The van der Waals surface area contributed by atoms with Crippen LogP contribution in [0.3, 0.4) is 0 Å². The Bertz CT molecular complexity index is 391. The summed E-state index contributed by atoms with van der Waals surface area (Å²) in [5, 5.41) is 0. The van der Waals surface area contributed by atoms with E-state index >= 15 is 0 Å². The molecule has 0 aromatic heterocycles. The van der Waals surface area contributed by atoms with Crippen LogP contribution in [0.15, 0.2) is 24.3 Å². The van der Waals surface area contributed by atoms with E-state index in [0.717, 1.165) is 17.7 Å². The fourth-order valence-electron chi connectivity index (χ4n) is 1.70. The summed E-state index contributed by atoms with van der Waals surface area (Å²) >= 11 is 0. The van der Waals surface area contributed by atoms with Gasteiger partial charge < -0.3 is 9.47 Å². The van der Waals surface area contributed by atoms with Crippen LogP contribution in [0.1, 0.15) is 33.3 Å². The number of hydrogen-bond acceptors (Lipinski definition) is 3. The van der Waals surface area contributed by atoms with E-state index in [1.54, 1.807) is 6.92 Å². The van der Waals surface area contributed by atoms with Gasteiger partial charge in [0.2, 0.25) is 0 Å². The van der Waals surface area contributed by atoms with Gasteiger partial charge in [-0.1, -0.05) is 39.0 Å². The van der Waals surface area contributed by atoms with Gasteiger partial charge in [-0.2, -0.15) is 0 Å². The first-order valence-electron chi connectivity index (χ1n) is 6.28. The Morgan fingerprint density at radius 3 is 2.50 bits per heavy atom. The van der Waals surface area contributed by atoms with E-state index < -0.39 is 0 Å². The van der Waals surface area contributed by atoms with Crippen molar-refractivity contribution in [3.05, 3.63) is 29.8 Å². The average Bonchev–Trinajstić information content (AvgIpc) is 2.26. The van der Waals surface area contributed by atoms with Gasteiger partial charge in [-0.25, -0.2) is 4.79 Å². The summed E-state index contributed by atoms with van der Waals surface area (Å²) in [5.41, 5.74) is 1.30. The van der Waals surface area contributed by atoms with Gasteiger partial charge in [-0.3, -0.25) is 0 Å². The van der Waals surface area contributed by atoms with Crippen LogP contribution in [0, 0.1) is 5.41 Å². The number of esters is 1. The van der Waals surface area contributed by atoms with Crippen molar-refractivity contribution in [2.75, 3.05) is 13.2 Å². The lowest BCUT2D eigenvalue weighted by Crippen LogP contribution is -2.16. The van der Waals surface area contributed by atoms with Gasteiger partial charge in [0.05, 0.1) is 6.61 Å². The van der Waals surface area contributed by atoms with Crippen LogP contribution < -0.4 is 4.74 Å². The van der Waals surface area contributed by atoms with E-state index in [9.17, 15) is 4.79 Å². The third kappa shape index (κ3) is 5.21. The van der Waals surface area contributed by atoms with Crippen LogP contribution in [0.5, 0.6) is 5.75 Å². The highest BCUT2D eigenvalue weighted by Gasteiger charge is 2.15. The monoisotopic (exact) mass is 250 g/mol. The summed E-state index contributed by atoms with van der Waals surface area (Å²) < 4.78 is 10.4. The summed E-state index contributed by atoms with van der Waals surface area (Å²) in [5.74, 6) is 0.434. The maximum Gasteiger partial charge on any atom is 0.344 e. The van der Waals surface area contributed by atoms with Gasteiger partial charge in [0.25, 0.3) is 0 Å². The molecule has 0 heterocycles. The third-order valence-electron chi connectivity index (χ3n) is 2.34. The maximum atomic E-state index is 11.3. The van der Waals surface area contributed by atoms with Crippen molar-refractivity contribution in [3.8, 4) is 5.75 Å². The van der Waals surface area contributed by atoms with E-state index in [4.69, 9.17) is 9.47 Å². The van der Waals surface area contributed by atoms with Crippen LogP contribution in [-0.4, -0.2) is 19.2 Å². The standard InChI is InChI=1S/C15H22O3/c1-5-17-14(16)11-18-13-9-7-6-8-12(13)10-15(2,3)4/h6-9H,5,10-11H2,1-4H3. The molecule has 0 aliphatic heterocycles. The lowest BCUT2D eigenvalue weighted by Gasteiger charge is -2.20. The van der Waals surface area contributed by atoms with Gasteiger partial charge in [-0.05, 0) is 30.4 Å². The average molecular weight is 250 g/mol. The molecule has 0 aliphatic rings. The Hall–Kier alpha value is -1.51. The second kappa shape index (κ2) is 6.43. The molecule has 3 nitrogen and oxygen atoms in total. The summed E-state index contributed by atoms with van der Waals surface area (Å²) in [6.45, 7) is 8.66. The zero-order chi connectivity index (χ0) is 13.6. The normalized spacial score (nSPS) is 11.1. The van der Waals surface area contributed by atoms with Crippen molar-refractivity contribution in [3.63, 3.8) is 0 Å². The molecule has 0 unspecified atom stereocenters. The van der Waals surface area contributed by atoms with Crippen molar-refractivity contribution in [1.82, 2.24) is 0 Å². The lowest BCUT2D eigenvalue weighted by atomic mass is 9.88. The second-order valence-electron chi connectivity index (χ2n) is 5.44. The second-order valence-corrected chi connectivity index (χ2v) is 5.44. The topological polar surface area (TPSA) is 35.5 Å². The van der Waals surface area contributed by atoms with Crippen LogP contribution >= 0.6 is 0 Å². The van der Waals surface area contributed by atoms with Crippen LogP contribution in [0.4, 0.5) is 0 Å². The van der Waals surface area contributed by atoms with E-state index in [1.165, 1.54) is 0 Å². The van der Waals surface area contributed by atoms with Gasteiger partial charge in [0.1, 0.15) is 5.75 Å². The van der Waals surface area contributed by atoms with E-state index in [-0.39, 0.29) is 18.0 Å². The van der Waals surface area contributed by atoms with Crippen molar-refractivity contribution < 1.29 is 14.3 Å². The van der Waals surface area contributed by atoms with Crippen LogP contribution in [0.25, 0.3) is 0 Å². The Kier molecular flexibility index (Phi) is 5.20. The molecule has 0 amide bonds. The van der Waals surface area contributed by atoms with E-state index in [1.807, 2.05) is 24.3 Å². The number of hydrogen-bond donors (Lipinski definition) is 0. The molecular weight excluding hydrogens is 228 g/mol. The zero-order valence-electron chi connectivity index (χ0n) is 11.7. The fraction of sp³-hybridized carbons (Fsp3) is 0.533. The summed E-state index contributed by atoms with van der Waals surface area (Å²) in [4.78, 5) is 11.3. The Morgan fingerprint density at radius 1 is 1.22 bits per heavy atom. The number of rotatable bonds is 5. The SMILES string of the molecule is CCOC(=O)COc1ccccc1CC(C)(C)C. The number of benzene rings is 1.